The number of hydrogen-bond acceptors (Lipinski definition) is 2. The molecule has 5 rings (SSSR count). The maximum absolute atomic E-state index is 2.40. The Kier molecular flexibility index (Phi) is 6.47. The smallest absolute Gasteiger partial charge is 0.213 e. The number of para-hydroxylation sites is 1. The molecule has 0 saturated heterocycles. The molecule has 0 fully saturated rings. The SMILES string of the molecule is CC[N+]1=c2cc/c(=C/C=C(c3ccc(N(C)C)cc3)c3ccc(N(C)C)cc3)cc2-c2ccccc21. The third-order valence-corrected chi connectivity index (χ3v) is 6.94. The minimum atomic E-state index is 0.961. The first kappa shape index (κ1) is 23.6. The van der Waals surface area contributed by atoms with Crippen LogP contribution in [0.5, 0.6) is 0 Å². The van der Waals surface area contributed by atoms with Gasteiger partial charge in [0.2, 0.25) is 11.0 Å². The van der Waals surface area contributed by atoms with E-state index in [2.05, 4.69) is 153 Å². The van der Waals surface area contributed by atoms with Gasteiger partial charge < -0.3 is 9.80 Å². The second-order valence-corrected chi connectivity index (χ2v) is 9.67. The van der Waals surface area contributed by atoms with Crippen LogP contribution in [-0.4, -0.2) is 34.7 Å². The fourth-order valence-corrected chi connectivity index (χ4v) is 4.93. The van der Waals surface area contributed by atoms with Gasteiger partial charge in [0.1, 0.15) is 6.54 Å². The molecule has 4 aromatic carbocycles. The highest BCUT2D eigenvalue weighted by Crippen LogP contribution is 2.30. The third-order valence-electron chi connectivity index (χ3n) is 6.94. The van der Waals surface area contributed by atoms with E-state index in [9.17, 15) is 0 Å². The van der Waals surface area contributed by atoms with Crippen LogP contribution in [0, 0.1) is 0 Å². The minimum Gasteiger partial charge on any atom is -0.378 e. The molecule has 0 saturated carbocycles. The molecule has 0 spiro atoms. The molecule has 36 heavy (non-hydrogen) atoms. The molecule has 1 aliphatic rings. The molecule has 1 aliphatic heterocycles. The first-order valence-corrected chi connectivity index (χ1v) is 12.6. The van der Waals surface area contributed by atoms with Gasteiger partial charge >= 0.3 is 0 Å². The molecule has 0 aliphatic carbocycles. The lowest BCUT2D eigenvalue weighted by Crippen LogP contribution is -2.23. The van der Waals surface area contributed by atoms with E-state index in [0.29, 0.717) is 0 Å². The summed E-state index contributed by atoms with van der Waals surface area (Å²) in [6, 6.07) is 33.1. The molecule has 0 N–H and O–H groups in total. The summed E-state index contributed by atoms with van der Waals surface area (Å²) in [6.45, 7) is 3.17. The number of hydrogen-bond donors (Lipinski definition) is 0. The second kappa shape index (κ2) is 9.87. The summed E-state index contributed by atoms with van der Waals surface area (Å²) in [4.78, 5) is 4.26. The van der Waals surface area contributed by atoms with Crippen molar-refractivity contribution in [3.05, 3.63) is 119 Å². The van der Waals surface area contributed by atoms with Crippen molar-refractivity contribution >= 4 is 28.7 Å². The van der Waals surface area contributed by atoms with E-state index in [1.54, 1.807) is 0 Å². The summed E-state index contributed by atoms with van der Waals surface area (Å²) in [6.07, 6.45) is 4.50. The Morgan fingerprint density at radius 1 is 0.694 bits per heavy atom. The van der Waals surface area contributed by atoms with Crippen LogP contribution in [0.1, 0.15) is 18.1 Å². The molecular formula is C33H34N3+. The molecule has 0 bridgehead atoms. The Morgan fingerprint density at radius 3 is 1.83 bits per heavy atom. The monoisotopic (exact) mass is 472 g/mol. The van der Waals surface area contributed by atoms with E-state index in [4.69, 9.17) is 0 Å². The van der Waals surface area contributed by atoms with Crippen molar-refractivity contribution in [3.8, 4) is 11.1 Å². The third kappa shape index (κ3) is 4.45. The van der Waals surface area contributed by atoms with Crippen molar-refractivity contribution in [1.82, 2.24) is 4.58 Å². The lowest BCUT2D eigenvalue weighted by Gasteiger charge is -2.16. The summed E-state index contributed by atoms with van der Waals surface area (Å²) in [5, 5.41) is 2.49. The minimum absolute atomic E-state index is 0.961. The molecule has 1 heterocycles. The fraction of sp³-hybridized carbons (Fsp3) is 0.182. The standard InChI is InChI=1S/C33H34N3/c1-6-36-32-10-8-7-9-30(32)31-23-24(12-22-33(31)36)11-21-29(25-13-17-27(18-14-25)34(2)3)26-15-19-28(20-16-26)35(4)5/h7-23H,6H2,1-5H3/q+1. The topological polar surface area (TPSA) is 9.49 Å². The van der Waals surface area contributed by atoms with Crippen molar-refractivity contribution in [2.45, 2.75) is 6.92 Å². The Hall–Kier alpha value is -4.11. The molecular weight excluding hydrogens is 438 g/mol. The maximum Gasteiger partial charge on any atom is 0.213 e. The first-order valence-electron chi connectivity index (χ1n) is 12.6. The lowest BCUT2D eigenvalue weighted by atomic mass is 9.96. The molecule has 4 aromatic rings. The van der Waals surface area contributed by atoms with E-state index in [-0.39, 0.29) is 0 Å². The van der Waals surface area contributed by atoms with E-state index >= 15 is 0 Å². The molecule has 0 radical (unpaired) electrons. The summed E-state index contributed by atoms with van der Waals surface area (Å²) in [5.41, 5.74) is 9.93. The predicted octanol–water partition coefficient (Wildman–Crippen LogP) is 5.55. The highest BCUT2D eigenvalue weighted by atomic mass is 15.1. The number of anilines is 2. The Balaban J connectivity index is 1.62. The highest BCUT2D eigenvalue weighted by molar-refractivity contribution is 5.85. The zero-order valence-corrected chi connectivity index (χ0v) is 21.9. The van der Waals surface area contributed by atoms with Gasteiger partial charge in [0.05, 0.1) is 11.1 Å². The van der Waals surface area contributed by atoms with Gasteiger partial charge in [-0.2, -0.15) is 4.58 Å². The Bertz CT molecular complexity index is 1490. The summed E-state index contributed by atoms with van der Waals surface area (Å²) in [5.74, 6) is 0. The van der Waals surface area contributed by atoms with Crippen molar-refractivity contribution in [1.29, 1.82) is 0 Å². The molecule has 0 atom stereocenters. The lowest BCUT2D eigenvalue weighted by molar-refractivity contribution is 0.788. The van der Waals surface area contributed by atoms with Crippen LogP contribution in [0.3, 0.4) is 0 Å². The normalized spacial score (nSPS) is 12.2. The van der Waals surface area contributed by atoms with E-state index in [1.807, 2.05) is 0 Å². The van der Waals surface area contributed by atoms with Crippen molar-refractivity contribution in [3.63, 3.8) is 0 Å². The average Bonchev–Trinajstić information content (AvgIpc) is 3.22. The van der Waals surface area contributed by atoms with E-state index in [0.717, 1.165) is 6.54 Å². The largest absolute Gasteiger partial charge is 0.378 e. The number of allylic oxidation sites excluding steroid dienone is 1. The van der Waals surface area contributed by atoms with E-state index in [1.165, 1.54) is 55.5 Å². The molecule has 3 heteroatoms. The maximum atomic E-state index is 2.40. The summed E-state index contributed by atoms with van der Waals surface area (Å²) < 4.78 is 2.40. The first-order chi connectivity index (χ1) is 17.5. The van der Waals surface area contributed by atoms with Crippen LogP contribution >= 0.6 is 0 Å². The van der Waals surface area contributed by atoms with Crippen LogP contribution in [0.4, 0.5) is 17.1 Å². The number of rotatable bonds is 6. The van der Waals surface area contributed by atoms with Gasteiger partial charge in [-0.1, -0.05) is 48.6 Å². The Labute approximate surface area is 214 Å². The number of fused-ring (bicyclic) bond motifs is 3. The van der Waals surface area contributed by atoms with Gasteiger partial charge in [-0.15, -0.1) is 0 Å². The summed E-state index contributed by atoms with van der Waals surface area (Å²) >= 11 is 0. The zero-order valence-electron chi connectivity index (χ0n) is 21.9. The summed E-state index contributed by atoms with van der Waals surface area (Å²) in [7, 11) is 8.30. The van der Waals surface area contributed by atoms with Crippen LogP contribution in [-0.2, 0) is 0 Å². The van der Waals surface area contributed by atoms with Crippen LogP contribution in [0.25, 0.3) is 22.8 Å². The molecule has 0 aromatic heterocycles. The number of benzene rings is 4. The zero-order chi connectivity index (χ0) is 25.2. The van der Waals surface area contributed by atoms with Gasteiger partial charge in [0.15, 0.2) is 0 Å². The van der Waals surface area contributed by atoms with Crippen molar-refractivity contribution in [2.75, 3.05) is 44.5 Å². The van der Waals surface area contributed by atoms with Crippen LogP contribution < -0.4 is 25.0 Å². The predicted molar refractivity (Wildman–Crippen MR) is 156 cm³/mol. The number of nitrogens with zero attached hydrogens (tertiary/aromatic N) is 3. The second-order valence-electron chi connectivity index (χ2n) is 9.67. The quantitative estimate of drug-likeness (QED) is 0.340. The fourth-order valence-electron chi connectivity index (χ4n) is 4.93. The van der Waals surface area contributed by atoms with Crippen LogP contribution in [0.15, 0.2) is 97.1 Å². The van der Waals surface area contributed by atoms with Gasteiger partial charge in [0, 0.05) is 51.7 Å². The van der Waals surface area contributed by atoms with Gasteiger partial charge in [0.25, 0.3) is 0 Å². The van der Waals surface area contributed by atoms with Gasteiger partial charge in [-0.25, -0.2) is 0 Å². The highest BCUT2D eigenvalue weighted by Gasteiger charge is 2.25. The van der Waals surface area contributed by atoms with Gasteiger partial charge in [-0.3, -0.25) is 0 Å². The molecule has 3 nitrogen and oxygen atoms in total. The Morgan fingerprint density at radius 2 is 1.28 bits per heavy atom. The van der Waals surface area contributed by atoms with E-state index < -0.39 is 0 Å². The van der Waals surface area contributed by atoms with Crippen molar-refractivity contribution < 1.29 is 0 Å². The molecule has 0 amide bonds. The van der Waals surface area contributed by atoms with Crippen molar-refractivity contribution in [2.24, 2.45) is 0 Å². The molecule has 180 valence electrons. The average molecular weight is 473 g/mol. The van der Waals surface area contributed by atoms with Gasteiger partial charge in [-0.05, 0) is 71.3 Å². The molecule has 0 unspecified atom stereocenters. The van der Waals surface area contributed by atoms with Crippen LogP contribution in [0.2, 0.25) is 0 Å².